The molecule has 0 atom stereocenters. The molecule has 1 rings (SSSR count). The number of hydrogen-bond donors (Lipinski definition) is 1. The second kappa shape index (κ2) is 9.38. The van der Waals surface area contributed by atoms with Crippen molar-refractivity contribution in [2.75, 3.05) is 31.0 Å². The second-order valence-corrected chi connectivity index (χ2v) is 7.48. The average molecular weight is 381 g/mol. The highest BCUT2D eigenvalue weighted by Crippen LogP contribution is 2.19. The van der Waals surface area contributed by atoms with Gasteiger partial charge in [-0.25, -0.2) is 9.59 Å². The van der Waals surface area contributed by atoms with Crippen LogP contribution in [0, 0.1) is 5.41 Å². The Labute approximate surface area is 156 Å². The Balaban J connectivity index is 2.81. The number of amides is 1. The predicted octanol–water partition coefficient (Wildman–Crippen LogP) is 2.55. The summed E-state index contributed by atoms with van der Waals surface area (Å²) in [6, 6.07) is 4.13. The molecule has 0 aliphatic rings. The van der Waals surface area contributed by atoms with Gasteiger partial charge in [-0.15, -0.1) is 11.8 Å². The van der Waals surface area contributed by atoms with Crippen molar-refractivity contribution < 1.29 is 28.7 Å². The largest absolute Gasteiger partial charge is 0.465 e. The molecule has 0 spiro atoms. The first-order valence-electron chi connectivity index (χ1n) is 7.81. The van der Waals surface area contributed by atoms with Gasteiger partial charge in [0.15, 0.2) is 0 Å². The number of ketones is 1. The van der Waals surface area contributed by atoms with Crippen molar-refractivity contribution in [3.63, 3.8) is 0 Å². The molecule has 26 heavy (non-hydrogen) atoms. The molecule has 0 saturated heterocycles. The minimum absolute atomic E-state index is 0.0518. The summed E-state index contributed by atoms with van der Waals surface area (Å²) in [5, 5.41) is 2.61. The molecule has 0 radical (unpaired) electrons. The summed E-state index contributed by atoms with van der Waals surface area (Å²) in [6.07, 6.45) is 0. The number of esters is 2. The maximum Gasteiger partial charge on any atom is 0.337 e. The molecule has 0 heterocycles. The lowest BCUT2D eigenvalue weighted by Crippen LogP contribution is -2.23. The summed E-state index contributed by atoms with van der Waals surface area (Å²) in [5.41, 5.74) is 0.0388. The normalized spacial score (nSPS) is 10.8. The van der Waals surface area contributed by atoms with Crippen LogP contribution in [0.25, 0.3) is 0 Å². The Morgan fingerprint density at radius 2 is 1.42 bits per heavy atom. The van der Waals surface area contributed by atoms with Crippen molar-refractivity contribution in [3.05, 3.63) is 29.3 Å². The third-order valence-electron chi connectivity index (χ3n) is 3.36. The highest BCUT2D eigenvalue weighted by molar-refractivity contribution is 8.00. The number of rotatable bonds is 7. The van der Waals surface area contributed by atoms with E-state index in [1.54, 1.807) is 0 Å². The molecule has 1 N–H and O–H groups in total. The van der Waals surface area contributed by atoms with Crippen LogP contribution in [0.15, 0.2) is 18.2 Å². The van der Waals surface area contributed by atoms with Gasteiger partial charge in [0.2, 0.25) is 5.91 Å². The van der Waals surface area contributed by atoms with Gasteiger partial charge in [-0.05, 0) is 18.2 Å². The molecule has 0 unspecified atom stereocenters. The summed E-state index contributed by atoms with van der Waals surface area (Å²) < 4.78 is 9.28. The third kappa shape index (κ3) is 6.51. The Hall–Kier alpha value is -2.35. The monoisotopic (exact) mass is 381 g/mol. The number of anilines is 1. The number of hydrogen-bond acceptors (Lipinski definition) is 7. The van der Waals surface area contributed by atoms with Crippen molar-refractivity contribution in [2.24, 2.45) is 5.41 Å². The lowest BCUT2D eigenvalue weighted by molar-refractivity contribution is -0.123. The molecule has 8 heteroatoms. The molecule has 0 aliphatic heterocycles. The summed E-state index contributed by atoms with van der Waals surface area (Å²) >= 11 is 1.20. The Morgan fingerprint density at radius 1 is 0.923 bits per heavy atom. The Bertz CT molecular complexity index is 674. The predicted molar refractivity (Wildman–Crippen MR) is 99.5 cm³/mol. The number of Topliss-reactive ketones (excluding diaryl/α,β-unsaturated/α-hetero) is 1. The van der Waals surface area contributed by atoms with Crippen molar-refractivity contribution in [3.8, 4) is 0 Å². The number of thioether (sulfide) groups is 1. The Morgan fingerprint density at radius 3 is 1.85 bits per heavy atom. The highest BCUT2D eigenvalue weighted by atomic mass is 32.2. The molecule has 0 saturated carbocycles. The van der Waals surface area contributed by atoms with E-state index in [1.165, 1.54) is 44.2 Å². The Kier molecular flexibility index (Phi) is 7.82. The van der Waals surface area contributed by atoms with Gasteiger partial charge in [-0.1, -0.05) is 20.8 Å². The van der Waals surface area contributed by atoms with Gasteiger partial charge in [0.05, 0.1) is 36.9 Å². The van der Waals surface area contributed by atoms with E-state index in [2.05, 4.69) is 14.8 Å². The zero-order valence-corrected chi connectivity index (χ0v) is 16.3. The van der Waals surface area contributed by atoms with Gasteiger partial charge in [0.1, 0.15) is 5.78 Å². The average Bonchev–Trinajstić information content (AvgIpc) is 2.58. The van der Waals surface area contributed by atoms with E-state index in [4.69, 9.17) is 0 Å². The van der Waals surface area contributed by atoms with Gasteiger partial charge in [-0.3, -0.25) is 9.59 Å². The molecule has 0 fully saturated rings. The van der Waals surface area contributed by atoms with E-state index in [1.807, 2.05) is 20.8 Å². The van der Waals surface area contributed by atoms with Gasteiger partial charge in [0.25, 0.3) is 0 Å². The maximum absolute atomic E-state index is 12.1. The van der Waals surface area contributed by atoms with Gasteiger partial charge in [0, 0.05) is 11.1 Å². The zero-order chi connectivity index (χ0) is 19.9. The fourth-order valence-electron chi connectivity index (χ4n) is 1.82. The quantitative estimate of drug-likeness (QED) is 0.725. The van der Waals surface area contributed by atoms with Crippen LogP contribution in [0.5, 0.6) is 0 Å². The summed E-state index contributed by atoms with van der Waals surface area (Å²) in [7, 11) is 2.43. The van der Waals surface area contributed by atoms with Crippen LogP contribution < -0.4 is 5.32 Å². The second-order valence-electron chi connectivity index (χ2n) is 6.50. The van der Waals surface area contributed by atoms with Gasteiger partial charge in [-0.2, -0.15) is 0 Å². The molecule has 1 aromatic carbocycles. The number of benzene rings is 1. The number of nitrogens with one attached hydrogen (secondary N) is 1. The molecular formula is C18H23NO6S. The van der Waals surface area contributed by atoms with Crippen LogP contribution >= 0.6 is 11.8 Å². The first-order chi connectivity index (χ1) is 12.1. The van der Waals surface area contributed by atoms with Crippen molar-refractivity contribution in [2.45, 2.75) is 20.8 Å². The SMILES string of the molecule is COC(=O)c1cc(NC(=O)CSCC(=O)C(C)(C)C)cc(C(=O)OC)c1. The standard InChI is InChI=1S/C18H23NO6S/c1-18(2,3)14(20)9-26-10-15(21)19-13-7-11(16(22)24-4)6-12(8-13)17(23)25-5/h6-8H,9-10H2,1-5H3,(H,19,21). The van der Waals surface area contributed by atoms with E-state index in [0.717, 1.165) is 0 Å². The van der Waals surface area contributed by atoms with E-state index in [9.17, 15) is 19.2 Å². The number of carbonyl (C=O) groups excluding carboxylic acids is 4. The molecule has 0 aromatic heterocycles. The van der Waals surface area contributed by atoms with Gasteiger partial charge >= 0.3 is 11.9 Å². The first kappa shape index (κ1) is 21.7. The third-order valence-corrected chi connectivity index (χ3v) is 4.29. The van der Waals surface area contributed by atoms with Crippen LogP contribution in [-0.4, -0.2) is 49.4 Å². The van der Waals surface area contributed by atoms with Crippen molar-refractivity contribution in [1.29, 1.82) is 0 Å². The fraction of sp³-hybridized carbons (Fsp3) is 0.444. The smallest absolute Gasteiger partial charge is 0.337 e. The zero-order valence-electron chi connectivity index (χ0n) is 15.5. The number of methoxy groups -OCH3 is 2. The molecular weight excluding hydrogens is 358 g/mol. The fourth-order valence-corrected chi connectivity index (χ4v) is 2.80. The van der Waals surface area contributed by atoms with Crippen LogP contribution in [0.3, 0.4) is 0 Å². The van der Waals surface area contributed by atoms with Crippen LogP contribution in [0.2, 0.25) is 0 Å². The maximum atomic E-state index is 12.1. The van der Waals surface area contributed by atoms with Crippen molar-refractivity contribution >= 4 is 41.1 Å². The highest BCUT2D eigenvalue weighted by Gasteiger charge is 2.21. The molecule has 0 aliphatic carbocycles. The molecule has 0 bridgehead atoms. The summed E-state index contributed by atoms with van der Waals surface area (Å²) in [5.74, 6) is -1.29. The van der Waals surface area contributed by atoms with Crippen LogP contribution in [-0.2, 0) is 19.1 Å². The van der Waals surface area contributed by atoms with E-state index < -0.39 is 17.4 Å². The molecule has 1 aromatic rings. The number of ether oxygens (including phenoxy) is 2. The van der Waals surface area contributed by atoms with E-state index >= 15 is 0 Å². The first-order valence-corrected chi connectivity index (χ1v) is 8.96. The number of carbonyl (C=O) groups is 4. The van der Waals surface area contributed by atoms with E-state index in [0.29, 0.717) is 0 Å². The topological polar surface area (TPSA) is 98.8 Å². The molecule has 7 nitrogen and oxygen atoms in total. The molecule has 1 amide bonds. The van der Waals surface area contributed by atoms with Gasteiger partial charge < -0.3 is 14.8 Å². The molecule has 142 valence electrons. The van der Waals surface area contributed by atoms with Crippen LogP contribution in [0.1, 0.15) is 41.5 Å². The lowest BCUT2D eigenvalue weighted by atomic mass is 9.92. The van der Waals surface area contributed by atoms with Crippen molar-refractivity contribution in [1.82, 2.24) is 0 Å². The summed E-state index contributed by atoms with van der Waals surface area (Å²) in [4.78, 5) is 47.4. The van der Waals surface area contributed by atoms with Crippen LogP contribution in [0.4, 0.5) is 5.69 Å². The lowest BCUT2D eigenvalue weighted by Gasteiger charge is -2.15. The van der Waals surface area contributed by atoms with E-state index in [-0.39, 0.29) is 40.0 Å². The summed E-state index contributed by atoms with van der Waals surface area (Å²) in [6.45, 7) is 5.47. The minimum Gasteiger partial charge on any atom is -0.465 e. The minimum atomic E-state index is -0.642.